The van der Waals surface area contributed by atoms with Gasteiger partial charge in [-0.25, -0.2) is 14.4 Å². The van der Waals surface area contributed by atoms with Crippen molar-refractivity contribution in [2.75, 3.05) is 20.3 Å². The highest BCUT2D eigenvalue weighted by Gasteiger charge is 2.47. The Morgan fingerprint density at radius 2 is 1.83 bits per heavy atom. The van der Waals surface area contributed by atoms with Crippen LogP contribution < -0.4 is 5.32 Å². The molecule has 10 heteroatoms. The van der Waals surface area contributed by atoms with Crippen molar-refractivity contribution in [2.24, 2.45) is 10.8 Å². The summed E-state index contributed by atoms with van der Waals surface area (Å²) in [6.07, 6.45) is 3.26. The first kappa shape index (κ1) is 32.7. The van der Waals surface area contributed by atoms with Crippen molar-refractivity contribution in [3.05, 3.63) is 54.1 Å². The Balaban J connectivity index is 1.70. The zero-order valence-electron chi connectivity index (χ0n) is 25.7. The van der Waals surface area contributed by atoms with Crippen LogP contribution in [-0.4, -0.2) is 72.3 Å². The molecule has 3 atom stereocenters. The molecular formula is C32H45N3O7. The molecule has 2 aliphatic heterocycles. The van der Waals surface area contributed by atoms with Gasteiger partial charge in [-0.15, -0.1) is 6.58 Å². The summed E-state index contributed by atoms with van der Waals surface area (Å²) < 4.78 is 16.3. The molecule has 42 heavy (non-hydrogen) atoms. The number of carbonyl (C=O) groups excluding carboxylic acids is 4. The van der Waals surface area contributed by atoms with E-state index in [4.69, 9.17) is 14.2 Å². The number of amides is 3. The zero-order chi connectivity index (χ0) is 31.2. The van der Waals surface area contributed by atoms with Gasteiger partial charge in [0.2, 0.25) is 5.91 Å². The predicted molar refractivity (Wildman–Crippen MR) is 159 cm³/mol. The predicted octanol–water partition coefficient (Wildman–Crippen LogP) is 5.06. The van der Waals surface area contributed by atoms with Crippen LogP contribution in [0.2, 0.25) is 0 Å². The standard InChI is InChI=1S/C32H45N3O7/c1-9-11-15-32(6,7)20-41-29(38)33-26(31(3,4)5)27(36)35-18-23(16-25(35)28(37)40-8)42-30(39)34-17-22-14-12-13-21(10-2)24(22)19-34/h9-10,12-14,23,25-26H,1-2,11,15-20H2,3-8H3,(H,33,38)/t23-,25+,26-/m1/s1. The smallest absolute Gasteiger partial charge is 0.410 e. The highest BCUT2D eigenvalue weighted by Crippen LogP contribution is 2.31. The Kier molecular flexibility index (Phi) is 10.5. The van der Waals surface area contributed by atoms with Crippen LogP contribution in [-0.2, 0) is 36.9 Å². The summed E-state index contributed by atoms with van der Waals surface area (Å²) in [4.78, 5) is 55.5. The highest BCUT2D eigenvalue weighted by molar-refractivity contribution is 5.91. The quantitative estimate of drug-likeness (QED) is 0.233. The molecule has 1 saturated heterocycles. The number of benzene rings is 1. The number of nitrogens with one attached hydrogen (secondary N) is 1. The minimum atomic E-state index is -1.01. The number of esters is 1. The molecular weight excluding hydrogens is 538 g/mol. The lowest BCUT2D eigenvalue weighted by Crippen LogP contribution is -2.57. The van der Waals surface area contributed by atoms with Gasteiger partial charge in [0.1, 0.15) is 18.2 Å². The Morgan fingerprint density at radius 3 is 2.45 bits per heavy atom. The number of carbonyl (C=O) groups is 4. The summed E-state index contributed by atoms with van der Waals surface area (Å²) in [5.74, 6) is -1.10. The average molecular weight is 584 g/mol. The van der Waals surface area contributed by atoms with Crippen LogP contribution in [0, 0.1) is 10.8 Å². The van der Waals surface area contributed by atoms with Crippen LogP contribution in [0.25, 0.3) is 6.08 Å². The maximum atomic E-state index is 13.9. The Morgan fingerprint density at radius 1 is 1.12 bits per heavy atom. The molecule has 0 aromatic heterocycles. The van der Waals surface area contributed by atoms with E-state index >= 15 is 0 Å². The number of rotatable bonds is 10. The average Bonchev–Trinajstić information content (AvgIpc) is 3.57. The molecule has 2 aliphatic rings. The normalized spacial score (nSPS) is 19.0. The number of ether oxygens (including phenoxy) is 3. The van der Waals surface area contributed by atoms with Crippen LogP contribution in [0.3, 0.4) is 0 Å². The van der Waals surface area contributed by atoms with E-state index in [-0.39, 0.29) is 25.0 Å². The lowest BCUT2D eigenvalue weighted by Gasteiger charge is -2.35. The first-order valence-corrected chi connectivity index (χ1v) is 14.3. The lowest BCUT2D eigenvalue weighted by atomic mass is 9.85. The van der Waals surface area contributed by atoms with Gasteiger partial charge in [-0.05, 0) is 40.4 Å². The van der Waals surface area contributed by atoms with Crippen LogP contribution in [0.4, 0.5) is 9.59 Å². The second-order valence-corrected chi connectivity index (χ2v) is 12.8. The van der Waals surface area contributed by atoms with E-state index < -0.39 is 47.7 Å². The molecule has 0 spiro atoms. The van der Waals surface area contributed by atoms with E-state index in [0.29, 0.717) is 13.1 Å². The van der Waals surface area contributed by atoms with E-state index in [1.54, 1.807) is 11.0 Å². The van der Waals surface area contributed by atoms with E-state index in [1.165, 1.54) is 12.0 Å². The van der Waals surface area contributed by atoms with E-state index in [9.17, 15) is 19.2 Å². The third kappa shape index (κ3) is 7.92. The summed E-state index contributed by atoms with van der Waals surface area (Å²) >= 11 is 0. The third-order valence-corrected chi connectivity index (χ3v) is 7.78. The first-order valence-electron chi connectivity index (χ1n) is 14.3. The Bertz CT molecular complexity index is 1200. The van der Waals surface area contributed by atoms with Crippen molar-refractivity contribution >= 4 is 30.1 Å². The van der Waals surface area contributed by atoms with Crippen molar-refractivity contribution < 1.29 is 33.4 Å². The molecule has 10 nitrogen and oxygen atoms in total. The second-order valence-electron chi connectivity index (χ2n) is 12.8. The summed E-state index contributed by atoms with van der Waals surface area (Å²) in [5, 5.41) is 2.71. The van der Waals surface area contributed by atoms with Gasteiger partial charge < -0.3 is 24.4 Å². The number of hydrogen-bond acceptors (Lipinski definition) is 7. The fourth-order valence-electron chi connectivity index (χ4n) is 5.27. The monoisotopic (exact) mass is 583 g/mol. The number of allylic oxidation sites excluding steroid dienone is 1. The number of hydrogen-bond donors (Lipinski definition) is 1. The summed E-state index contributed by atoms with van der Waals surface area (Å²) in [5.41, 5.74) is 2.03. The van der Waals surface area contributed by atoms with Crippen LogP contribution in [0.5, 0.6) is 0 Å². The van der Waals surface area contributed by atoms with Crippen molar-refractivity contribution in [1.29, 1.82) is 0 Å². The molecule has 1 fully saturated rings. The maximum absolute atomic E-state index is 13.9. The Hall–Kier alpha value is -3.82. The summed E-state index contributed by atoms with van der Waals surface area (Å²) in [6.45, 7) is 17.9. The van der Waals surface area contributed by atoms with Gasteiger partial charge in [-0.2, -0.15) is 0 Å². The van der Waals surface area contributed by atoms with Crippen molar-refractivity contribution in [1.82, 2.24) is 15.1 Å². The van der Waals surface area contributed by atoms with E-state index in [1.807, 2.05) is 58.9 Å². The molecule has 1 N–H and O–H groups in total. The number of alkyl carbamates (subject to hydrolysis) is 1. The van der Waals surface area contributed by atoms with Gasteiger partial charge >= 0.3 is 18.2 Å². The number of likely N-dealkylation sites (tertiary alicyclic amines) is 1. The molecule has 0 saturated carbocycles. The van der Waals surface area contributed by atoms with E-state index in [0.717, 1.165) is 29.5 Å². The van der Waals surface area contributed by atoms with E-state index in [2.05, 4.69) is 18.5 Å². The maximum Gasteiger partial charge on any atom is 0.410 e. The molecule has 1 aromatic rings. The fraction of sp³-hybridized carbons (Fsp3) is 0.562. The fourth-order valence-corrected chi connectivity index (χ4v) is 5.27. The number of fused-ring (bicyclic) bond motifs is 1. The minimum Gasteiger partial charge on any atom is -0.467 e. The molecule has 0 radical (unpaired) electrons. The van der Waals surface area contributed by atoms with Crippen molar-refractivity contribution in [2.45, 2.75) is 85.2 Å². The molecule has 0 unspecified atom stereocenters. The molecule has 3 rings (SSSR count). The van der Waals surface area contributed by atoms with Crippen molar-refractivity contribution in [3.8, 4) is 0 Å². The Labute approximate surface area is 249 Å². The first-order chi connectivity index (χ1) is 19.7. The van der Waals surface area contributed by atoms with Crippen LogP contribution in [0.15, 0.2) is 37.4 Å². The minimum absolute atomic E-state index is 0.0130. The molecule has 2 heterocycles. The molecule has 0 bridgehead atoms. The van der Waals surface area contributed by atoms with Gasteiger partial charge in [-0.1, -0.05) is 71.5 Å². The highest BCUT2D eigenvalue weighted by atomic mass is 16.6. The number of nitrogens with zero attached hydrogens (tertiary/aromatic N) is 2. The van der Waals surface area contributed by atoms with Gasteiger partial charge in [0.25, 0.3) is 0 Å². The molecule has 230 valence electrons. The summed E-state index contributed by atoms with van der Waals surface area (Å²) in [7, 11) is 1.24. The third-order valence-electron chi connectivity index (χ3n) is 7.78. The molecule has 3 amide bonds. The van der Waals surface area contributed by atoms with Gasteiger partial charge in [0.15, 0.2) is 0 Å². The molecule has 0 aliphatic carbocycles. The largest absolute Gasteiger partial charge is 0.467 e. The lowest BCUT2D eigenvalue weighted by molar-refractivity contribution is -0.152. The zero-order valence-corrected chi connectivity index (χ0v) is 25.7. The van der Waals surface area contributed by atoms with Gasteiger partial charge in [0.05, 0.1) is 26.8 Å². The summed E-state index contributed by atoms with van der Waals surface area (Å²) in [6, 6.07) is 3.86. The number of methoxy groups -OCH3 is 1. The second kappa shape index (κ2) is 13.4. The van der Waals surface area contributed by atoms with Crippen LogP contribution >= 0.6 is 0 Å². The van der Waals surface area contributed by atoms with Gasteiger partial charge in [-0.3, -0.25) is 9.69 Å². The van der Waals surface area contributed by atoms with Crippen molar-refractivity contribution in [3.63, 3.8) is 0 Å². The molecule has 1 aromatic carbocycles. The topological polar surface area (TPSA) is 114 Å². The van der Waals surface area contributed by atoms with Crippen LogP contribution in [0.1, 0.15) is 70.6 Å². The SMILES string of the molecule is C=CCCC(C)(C)COC(=O)N[C@H](C(=O)N1C[C@H](OC(=O)N2Cc3cccc(C=C)c3C2)C[C@H]1C(=O)OC)C(C)(C)C. The van der Waals surface area contributed by atoms with Gasteiger partial charge in [0, 0.05) is 13.0 Å².